The molecule has 1 N–H and O–H groups in total. The van der Waals surface area contributed by atoms with E-state index < -0.39 is 10.0 Å². The molecule has 1 aliphatic rings. The number of sulfonamides is 1. The maximum Gasteiger partial charge on any atom is 0.221 e. The molecule has 0 aromatic heterocycles. The maximum absolute atomic E-state index is 11.9. The Bertz CT molecular complexity index is 596. The average Bonchev–Trinajstić information content (AvgIpc) is 3.01. The fraction of sp³-hybridized carbons (Fsp3) is 0.588. The number of amides is 1. The van der Waals surface area contributed by atoms with Crippen molar-refractivity contribution in [3.8, 4) is 0 Å². The molecular weight excluding hydrogens is 312 g/mol. The third-order valence-corrected chi connectivity index (χ3v) is 5.63. The van der Waals surface area contributed by atoms with Crippen LogP contribution in [0.1, 0.15) is 37.7 Å². The van der Waals surface area contributed by atoms with Crippen LogP contribution in [0.25, 0.3) is 0 Å². The highest BCUT2D eigenvalue weighted by Gasteiger charge is 2.29. The van der Waals surface area contributed by atoms with Gasteiger partial charge in [0.1, 0.15) is 0 Å². The lowest BCUT2D eigenvalue weighted by Crippen LogP contribution is -2.40. The van der Waals surface area contributed by atoms with Gasteiger partial charge in [-0.3, -0.25) is 4.79 Å². The Labute approximate surface area is 139 Å². The summed E-state index contributed by atoms with van der Waals surface area (Å²) in [5, 5.41) is 2.87. The molecule has 0 aliphatic heterocycles. The summed E-state index contributed by atoms with van der Waals surface area (Å²) >= 11 is 0. The van der Waals surface area contributed by atoms with Crippen molar-refractivity contribution in [2.24, 2.45) is 0 Å². The third kappa shape index (κ3) is 5.95. The van der Waals surface area contributed by atoms with Crippen LogP contribution in [0.2, 0.25) is 0 Å². The van der Waals surface area contributed by atoms with E-state index in [0.29, 0.717) is 6.54 Å². The van der Waals surface area contributed by atoms with Crippen molar-refractivity contribution in [1.29, 1.82) is 0 Å². The summed E-state index contributed by atoms with van der Waals surface area (Å²) in [4.78, 5) is 11.9. The molecule has 1 fully saturated rings. The van der Waals surface area contributed by atoms with E-state index in [1.54, 1.807) is 0 Å². The predicted octanol–water partition coefficient (Wildman–Crippen LogP) is 1.94. The van der Waals surface area contributed by atoms with Crippen LogP contribution in [0.4, 0.5) is 0 Å². The van der Waals surface area contributed by atoms with Gasteiger partial charge in [-0.1, -0.05) is 43.2 Å². The normalized spacial score (nSPS) is 15.9. The Balaban J connectivity index is 1.75. The van der Waals surface area contributed by atoms with Crippen LogP contribution in [0.15, 0.2) is 30.3 Å². The Morgan fingerprint density at radius 1 is 1.22 bits per heavy atom. The van der Waals surface area contributed by atoms with Gasteiger partial charge in [-0.05, 0) is 24.8 Å². The molecule has 1 aliphatic carbocycles. The lowest BCUT2D eigenvalue weighted by atomic mass is 10.1. The molecule has 0 bridgehead atoms. The first-order chi connectivity index (χ1) is 11.0. The largest absolute Gasteiger partial charge is 0.356 e. The van der Waals surface area contributed by atoms with Crippen molar-refractivity contribution in [2.75, 3.05) is 19.3 Å². The zero-order valence-corrected chi connectivity index (χ0v) is 14.5. The second-order valence-corrected chi connectivity index (χ2v) is 8.08. The van der Waals surface area contributed by atoms with E-state index in [0.717, 1.165) is 32.1 Å². The Morgan fingerprint density at radius 3 is 2.48 bits per heavy atom. The summed E-state index contributed by atoms with van der Waals surface area (Å²) in [6.45, 7) is 0.853. The first-order valence-electron chi connectivity index (χ1n) is 8.24. The van der Waals surface area contributed by atoms with Crippen LogP contribution in [-0.4, -0.2) is 44.0 Å². The minimum atomic E-state index is -3.25. The summed E-state index contributed by atoms with van der Waals surface area (Å²) in [7, 11) is -3.25. The molecule has 0 heterocycles. The van der Waals surface area contributed by atoms with Crippen molar-refractivity contribution >= 4 is 15.9 Å². The van der Waals surface area contributed by atoms with Crippen LogP contribution in [0, 0.1) is 0 Å². The van der Waals surface area contributed by atoms with Crippen molar-refractivity contribution in [3.05, 3.63) is 35.9 Å². The molecule has 0 radical (unpaired) electrons. The van der Waals surface area contributed by atoms with E-state index in [-0.39, 0.29) is 24.9 Å². The summed E-state index contributed by atoms with van der Waals surface area (Å²) in [6.07, 6.45) is 6.19. The number of rotatable bonds is 8. The number of nitrogens with one attached hydrogen (secondary N) is 1. The van der Waals surface area contributed by atoms with Gasteiger partial charge >= 0.3 is 0 Å². The number of carbonyl (C=O) groups is 1. The second kappa shape index (κ2) is 8.45. The number of hydrogen-bond acceptors (Lipinski definition) is 3. The molecule has 1 aromatic carbocycles. The minimum Gasteiger partial charge on any atom is -0.356 e. The van der Waals surface area contributed by atoms with Gasteiger partial charge in [0.25, 0.3) is 0 Å². The van der Waals surface area contributed by atoms with E-state index in [1.807, 2.05) is 30.3 Å². The Hall–Kier alpha value is -1.40. The molecule has 128 valence electrons. The summed E-state index contributed by atoms with van der Waals surface area (Å²) in [6, 6.07) is 10.0. The average molecular weight is 338 g/mol. The molecule has 23 heavy (non-hydrogen) atoms. The first-order valence-corrected chi connectivity index (χ1v) is 10.1. The monoisotopic (exact) mass is 338 g/mol. The van der Waals surface area contributed by atoms with Gasteiger partial charge in [0, 0.05) is 25.6 Å². The fourth-order valence-electron chi connectivity index (χ4n) is 3.10. The van der Waals surface area contributed by atoms with Gasteiger partial charge in [-0.25, -0.2) is 8.42 Å². The summed E-state index contributed by atoms with van der Waals surface area (Å²) in [5.41, 5.74) is 1.18. The highest BCUT2D eigenvalue weighted by Crippen LogP contribution is 2.25. The quantitative estimate of drug-likeness (QED) is 0.788. The molecule has 5 nitrogen and oxygen atoms in total. The molecule has 1 amide bonds. The molecule has 0 unspecified atom stereocenters. The standard InChI is InChI=1S/C17H26N2O3S/c1-23(21,22)19(16-9-5-6-10-16)14-12-17(20)18-13-11-15-7-3-2-4-8-15/h2-4,7-8,16H,5-6,9-14H2,1H3,(H,18,20). The van der Waals surface area contributed by atoms with Crippen molar-refractivity contribution in [3.63, 3.8) is 0 Å². The highest BCUT2D eigenvalue weighted by atomic mass is 32.2. The van der Waals surface area contributed by atoms with Gasteiger partial charge in [0.15, 0.2) is 0 Å². The number of hydrogen-bond donors (Lipinski definition) is 1. The van der Waals surface area contributed by atoms with Gasteiger partial charge in [-0.15, -0.1) is 0 Å². The van der Waals surface area contributed by atoms with E-state index >= 15 is 0 Å². The molecule has 2 rings (SSSR count). The van der Waals surface area contributed by atoms with Gasteiger partial charge in [0.05, 0.1) is 6.26 Å². The second-order valence-electron chi connectivity index (χ2n) is 6.15. The van der Waals surface area contributed by atoms with Crippen LogP contribution in [0.5, 0.6) is 0 Å². The number of nitrogens with zero attached hydrogens (tertiary/aromatic N) is 1. The lowest BCUT2D eigenvalue weighted by molar-refractivity contribution is -0.121. The molecule has 6 heteroatoms. The third-order valence-electron chi connectivity index (χ3n) is 4.30. The molecule has 0 saturated heterocycles. The zero-order valence-electron chi connectivity index (χ0n) is 13.7. The Morgan fingerprint density at radius 2 is 1.87 bits per heavy atom. The lowest BCUT2D eigenvalue weighted by Gasteiger charge is -2.26. The van der Waals surface area contributed by atoms with Gasteiger partial charge < -0.3 is 5.32 Å². The molecule has 1 saturated carbocycles. The predicted molar refractivity (Wildman–Crippen MR) is 91.6 cm³/mol. The maximum atomic E-state index is 11.9. The molecular formula is C17H26N2O3S. The fourth-order valence-corrected chi connectivity index (χ4v) is 4.28. The summed E-state index contributed by atoms with van der Waals surface area (Å²) < 4.78 is 25.4. The molecule has 0 atom stereocenters. The zero-order chi connectivity index (χ0) is 16.7. The SMILES string of the molecule is CS(=O)(=O)N(CCC(=O)NCCc1ccccc1)C1CCCC1. The number of benzene rings is 1. The summed E-state index contributed by atoms with van der Waals surface area (Å²) in [5.74, 6) is -0.0902. The van der Waals surface area contributed by atoms with Crippen LogP contribution < -0.4 is 5.32 Å². The van der Waals surface area contributed by atoms with Crippen molar-refractivity contribution in [1.82, 2.24) is 9.62 Å². The number of carbonyl (C=O) groups excluding carboxylic acids is 1. The van der Waals surface area contributed by atoms with E-state index in [2.05, 4.69) is 5.32 Å². The van der Waals surface area contributed by atoms with Gasteiger partial charge in [-0.2, -0.15) is 4.31 Å². The van der Waals surface area contributed by atoms with Crippen LogP contribution in [-0.2, 0) is 21.2 Å². The van der Waals surface area contributed by atoms with Crippen LogP contribution in [0.3, 0.4) is 0 Å². The van der Waals surface area contributed by atoms with Crippen molar-refractivity contribution < 1.29 is 13.2 Å². The first kappa shape index (κ1) is 17.9. The smallest absolute Gasteiger partial charge is 0.221 e. The topological polar surface area (TPSA) is 66.5 Å². The highest BCUT2D eigenvalue weighted by molar-refractivity contribution is 7.88. The van der Waals surface area contributed by atoms with E-state index in [1.165, 1.54) is 16.1 Å². The molecule has 1 aromatic rings. The van der Waals surface area contributed by atoms with E-state index in [9.17, 15) is 13.2 Å². The minimum absolute atomic E-state index is 0.0714. The van der Waals surface area contributed by atoms with Crippen molar-refractivity contribution in [2.45, 2.75) is 44.6 Å². The van der Waals surface area contributed by atoms with Gasteiger partial charge in [0.2, 0.25) is 15.9 Å². The van der Waals surface area contributed by atoms with Crippen LogP contribution >= 0.6 is 0 Å². The Kier molecular flexibility index (Phi) is 6.59. The molecule has 0 spiro atoms. The van der Waals surface area contributed by atoms with E-state index in [4.69, 9.17) is 0 Å².